The summed E-state index contributed by atoms with van der Waals surface area (Å²) in [6, 6.07) is 12.6. The average Bonchev–Trinajstić information content (AvgIpc) is 3.25. The maximum absolute atomic E-state index is 13.4. The Morgan fingerprint density at radius 1 is 0.919 bits per heavy atom. The average molecular weight is 525 g/mol. The number of benzene rings is 2. The van der Waals surface area contributed by atoms with E-state index < -0.39 is 11.2 Å². The smallest absolute Gasteiger partial charge is 0.326 e. The molecule has 0 radical (unpaired) electrons. The fourth-order valence-corrected chi connectivity index (χ4v) is 4.46. The zero-order valence-electron chi connectivity index (χ0n) is 20.4. The van der Waals surface area contributed by atoms with E-state index in [2.05, 4.69) is 15.6 Å². The summed E-state index contributed by atoms with van der Waals surface area (Å²) in [5, 5.41) is 5.89. The van der Waals surface area contributed by atoms with Crippen LogP contribution in [0.4, 0.5) is 15.8 Å². The van der Waals surface area contributed by atoms with E-state index in [1.165, 1.54) is 30.8 Å². The van der Waals surface area contributed by atoms with Crippen molar-refractivity contribution >= 4 is 46.1 Å². The van der Waals surface area contributed by atoms with Crippen molar-refractivity contribution in [2.75, 3.05) is 16.4 Å². The van der Waals surface area contributed by atoms with Crippen LogP contribution in [0.15, 0.2) is 63.3 Å². The first-order valence-corrected chi connectivity index (χ1v) is 12.4. The van der Waals surface area contributed by atoms with Gasteiger partial charge in [-0.25, -0.2) is 14.2 Å². The lowest BCUT2D eigenvalue weighted by atomic mass is 10.2. The molecule has 0 unspecified atom stereocenters. The summed E-state index contributed by atoms with van der Waals surface area (Å²) in [5.41, 5.74) is 1.27. The van der Waals surface area contributed by atoms with Crippen LogP contribution in [0.1, 0.15) is 18.9 Å². The third-order valence-corrected chi connectivity index (χ3v) is 6.65. The van der Waals surface area contributed by atoms with Crippen molar-refractivity contribution < 1.29 is 14.0 Å². The van der Waals surface area contributed by atoms with Gasteiger partial charge in [-0.15, -0.1) is 0 Å². The molecule has 0 aliphatic heterocycles. The van der Waals surface area contributed by atoms with Crippen LogP contribution in [0, 0.1) is 5.82 Å². The first-order chi connectivity index (χ1) is 17.7. The molecule has 12 heteroatoms. The number of rotatable bonds is 8. The minimum atomic E-state index is -0.517. The number of carbonyl (C=O) groups is 2. The van der Waals surface area contributed by atoms with E-state index in [1.54, 1.807) is 47.9 Å². The van der Waals surface area contributed by atoms with Crippen molar-refractivity contribution in [1.82, 2.24) is 18.7 Å². The summed E-state index contributed by atoms with van der Waals surface area (Å²) >= 11 is 1.11. The number of carbonyl (C=O) groups excluding carboxylic acids is 2. The highest BCUT2D eigenvalue weighted by molar-refractivity contribution is 7.99. The highest BCUT2D eigenvalue weighted by Crippen LogP contribution is 2.24. The monoisotopic (exact) mass is 524 g/mol. The highest BCUT2D eigenvalue weighted by Gasteiger charge is 2.20. The lowest BCUT2D eigenvalue weighted by Crippen LogP contribution is -2.37. The van der Waals surface area contributed by atoms with Crippen molar-refractivity contribution in [2.45, 2.75) is 25.0 Å². The lowest BCUT2D eigenvalue weighted by molar-refractivity contribution is -0.116. The van der Waals surface area contributed by atoms with E-state index in [-0.39, 0.29) is 41.1 Å². The number of aromatic nitrogens is 4. The zero-order chi connectivity index (χ0) is 26.7. The Hall–Kier alpha value is -4.19. The molecule has 2 N–H and O–H groups in total. The van der Waals surface area contributed by atoms with E-state index >= 15 is 0 Å². The zero-order valence-corrected chi connectivity index (χ0v) is 21.3. The van der Waals surface area contributed by atoms with Gasteiger partial charge in [-0.3, -0.25) is 23.5 Å². The number of imidazole rings is 1. The van der Waals surface area contributed by atoms with E-state index in [1.807, 2.05) is 0 Å². The predicted molar refractivity (Wildman–Crippen MR) is 140 cm³/mol. The van der Waals surface area contributed by atoms with Gasteiger partial charge in [0.1, 0.15) is 5.82 Å². The first-order valence-electron chi connectivity index (χ1n) is 11.4. The van der Waals surface area contributed by atoms with Gasteiger partial charge in [0.05, 0.1) is 12.3 Å². The summed E-state index contributed by atoms with van der Waals surface area (Å²) < 4.78 is 17.3. The number of hydrogen-bond acceptors (Lipinski definition) is 6. The number of hydrogen-bond donors (Lipinski definition) is 2. The maximum atomic E-state index is 13.4. The minimum Gasteiger partial charge on any atom is -0.326 e. The van der Waals surface area contributed by atoms with Crippen LogP contribution in [-0.4, -0.2) is 36.3 Å². The third-order valence-electron chi connectivity index (χ3n) is 5.67. The number of nitrogens with zero attached hydrogens (tertiary/aromatic N) is 4. The van der Waals surface area contributed by atoms with E-state index in [9.17, 15) is 23.6 Å². The van der Waals surface area contributed by atoms with Crippen molar-refractivity contribution in [3.8, 4) is 0 Å². The van der Waals surface area contributed by atoms with Crippen molar-refractivity contribution in [3.05, 3.63) is 80.7 Å². The number of aryl methyl sites for hydroxylation is 1. The normalized spacial score (nSPS) is 11.0. The van der Waals surface area contributed by atoms with Gasteiger partial charge in [-0.05, 0) is 42.0 Å². The maximum Gasteiger partial charge on any atom is 0.332 e. The second-order valence-electron chi connectivity index (χ2n) is 8.30. The van der Waals surface area contributed by atoms with Gasteiger partial charge in [0, 0.05) is 31.9 Å². The van der Waals surface area contributed by atoms with Crippen molar-refractivity contribution in [3.63, 3.8) is 0 Å². The molecule has 0 spiro atoms. The summed E-state index contributed by atoms with van der Waals surface area (Å²) in [6.45, 7) is 1.95. The molecule has 2 aromatic carbocycles. The van der Waals surface area contributed by atoms with E-state index in [4.69, 9.17) is 0 Å². The fraction of sp³-hybridized carbons (Fsp3) is 0.240. The first kappa shape index (κ1) is 25.9. The molecule has 2 amide bonds. The van der Waals surface area contributed by atoms with E-state index in [0.717, 1.165) is 21.9 Å². The van der Waals surface area contributed by atoms with Gasteiger partial charge in [-0.1, -0.05) is 30.8 Å². The van der Waals surface area contributed by atoms with Gasteiger partial charge in [0.2, 0.25) is 11.8 Å². The molecule has 0 bridgehead atoms. The molecular formula is C25H25FN6O4S. The third kappa shape index (κ3) is 5.64. The van der Waals surface area contributed by atoms with Crippen LogP contribution in [0.5, 0.6) is 0 Å². The van der Waals surface area contributed by atoms with Crippen molar-refractivity contribution in [2.24, 2.45) is 14.1 Å². The number of fused-ring (bicyclic) bond motifs is 1. The van der Waals surface area contributed by atoms with Gasteiger partial charge in [0.25, 0.3) is 5.56 Å². The Kier molecular flexibility index (Phi) is 7.58. The van der Waals surface area contributed by atoms with Crippen LogP contribution in [-0.2, 0) is 30.2 Å². The molecule has 0 aliphatic rings. The molecule has 2 heterocycles. The molecule has 4 rings (SSSR count). The summed E-state index contributed by atoms with van der Waals surface area (Å²) in [4.78, 5) is 54.1. The second kappa shape index (κ2) is 10.8. The van der Waals surface area contributed by atoms with Crippen LogP contribution in [0.25, 0.3) is 11.2 Å². The standard InChI is InChI=1S/C25H25FN6O4S/c1-4-19(33)27-17-9-11-18(12-10-17)28-20(34)14-37-24-29-22-21(23(35)31(3)25(36)30(22)2)32(24)13-15-5-7-16(26)8-6-15/h5-12H,4,13-14H2,1-3H3,(H,27,33)(H,28,34). The Bertz CT molecular complexity index is 1590. The molecule has 4 aromatic rings. The Morgan fingerprint density at radius 3 is 2.11 bits per heavy atom. The molecule has 0 saturated heterocycles. The Balaban J connectivity index is 1.58. The number of halogens is 1. The van der Waals surface area contributed by atoms with Crippen LogP contribution in [0.2, 0.25) is 0 Å². The number of thioether (sulfide) groups is 1. The Labute approximate surface area is 215 Å². The molecule has 0 saturated carbocycles. The molecular weight excluding hydrogens is 499 g/mol. The SMILES string of the molecule is CCC(=O)Nc1ccc(NC(=O)CSc2nc3c(c(=O)n(C)c(=O)n3C)n2Cc2ccc(F)cc2)cc1. The van der Waals surface area contributed by atoms with Crippen LogP contribution < -0.4 is 21.9 Å². The van der Waals surface area contributed by atoms with Crippen LogP contribution in [0.3, 0.4) is 0 Å². The summed E-state index contributed by atoms with van der Waals surface area (Å²) in [6.07, 6.45) is 0.363. The predicted octanol–water partition coefficient (Wildman–Crippen LogP) is 2.70. The van der Waals surface area contributed by atoms with Crippen LogP contribution >= 0.6 is 11.8 Å². The van der Waals surface area contributed by atoms with Gasteiger partial charge >= 0.3 is 5.69 Å². The molecule has 0 atom stereocenters. The fourth-order valence-electron chi connectivity index (χ4n) is 3.67. The number of amides is 2. The molecule has 0 aliphatic carbocycles. The number of nitrogens with one attached hydrogen (secondary N) is 2. The highest BCUT2D eigenvalue weighted by atomic mass is 32.2. The second-order valence-corrected chi connectivity index (χ2v) is 9.24. The molecule has 0 fully saturated rings. The van der Waals surface area contributed by atoms with Gasteiger partial charge in [0.15, 0.2) is 16.3 Å². The Morgan fingerprint density at radius 2 is 1.51 bits per heavy atom. The summed E-state index contributed by atoms with van der Waals surface area (Å²) in [5.74, 6) is -0.818. The number of anilines is 2. The van der Waals surface area contributed by atoms with Gasteiger partial charge < -0.3 is 15.2 Å². The minimum absolute atomic E-state index is 0.0185. The largest absolute Gasteiger partial charge is 0.332 e. The van der Waals surface area contributed by atoms with Crippen molar-refractivity contribution in [1.29, 1.82) is 0 Å². The molecule has 2 aromatic heterocycles. The molecule has 37 heavy (non-hydrogen) atoms. The van der Waals surface area contributed by atoms with E-state index in [0.29, 0.717) is 23.0 Å². The summed E-state index contributed by atoms with van der Waals surface area (Å²) in [7, 11) is 2.91. The quantitative estimate of drug-likeness (QED) is 0.342. The molecule has 10 nitrogen and oxygen atoms in total. The topological polar surface area (TPSA) is 120 Å². The lowest BCUT2D eigenvalue weighted by Gasteiger charge is -2.10. The van der Waals surface area contributed by atoms with Gasteiger partial charge in [-0.2, -0.15) is 0 Å². The molecule has 192 valence electrons.